The number of nitrogens with one attached hydrogen (secondary N) is 1. The number of hydrogen-bond acceptors (Lipinski definition) is 5. The van der Waals surface area contributed by atoms with Crippen LogP contribution in [0.25, 0.3) is 0 Å². The molecule has 0 aromatic heterocycles. The second kappa shape index (κ2) is 12.9. The van der Waals surface area contributed by atoms with Gasteiger partial charge in [0, 0.05) is 50.0 Å². The van der Waals surface area contributed by atoms with Crippen molar-refractivity contribution in [3.63, 3.8) is 0 Å². The van der Waals surface area contributed by atoms with Crippen molar-refractivity contribution in [2.24, 2.45) is 0 Å². The molecule has 35 heavy (non-hydrogen) atoms. The number of rotatable bonds is 8. The van der Waals surface area contributed by atoms with E-state index >= 15 is 0 Å². The van der Waals surface area contributed by atoms with Gasteiger partial charge in [-0.1, -0.05) is 48.0 Å². The SMILES string of the molecule is O=C(Cc1ccccc1)N(CCN1CCOCC1)CC1CN(C(=O)Nc2cccc(Cl)c2)CCO1. The quantitative estimate of drug-likeness (QED) is 0.603. The molecule has 3 amide bonds. The topological polar surface area (TPSA) is 74.4 Å². The molecule has 1 N–H and O–H groups in total. The van der Waals surface area contributed by atoms with Gasteiger partial charge in [-0.2, -0.15) is 0 Å². The number of carbonyl (C=O) groups excluding carboxylic acids is 2. The van der Waals surface area contributed by atoms with Gasteiger partial charge in [0.2, 0.25) is 5.91 Å². The van der Waals surface area contributed by atoms with Crippen molar-refractivity contribution in [2.75, 3.05) is 71.0 Å². The summed E-state index contributed by atoms with van der Waals surface area (Å²) in [5, 5.41) is 3.46. The maximum Gasteiger partial charge on any atom is 0.322 e. The van der Waals surface area contributed by atoms with Crippen LogP contribution in [0.4, 0.5) is 10.5 Å². The summed E-state index contributed by atoms with van der Waals surface area (Å²) < 4.78 is 11.4. The fourth-order valence-electron chi connectivity index (χ4n) is 4.32. The summed E-state index contributed by atoms with van der Waals surface area (Å²) in [5.41, 5.74) is 1.64. The van der Waals surface area contributed by atoms with Crippen molar-refractivity contribution < 1.29 is 19.1 Å². The summed E-state index contributed by atoms with van der Waals surface area (Å²) in [5.74, 6) is 0.0635. The monoisotopic (exact) mass is 500 g/mol. The average Bonchev–Trinajstić information content (AvgIpc) is 2.88. The summed E-state index contributed by atoms with van der Waals surface area (Å²) in [6.07, 6.45) is 0.0913. The largest absolute Gasteiger partial charge is 0.379 e. The molecule has 188 valence electrons. The zero-order chi connectivity index (χ0) is 24.5. The number of ether oxygens (including phenoxy) is 2. The molecule has 2 saturated heterocycles. The second-order valence-electron chi connectivity index (χ2n) is 8.84. The molecule has 9 heteroatoms. The van der Waals surface area contributed by atoms with Crippen LogP contribution in [-0.2, 0) is 20.7 Å². The first-order chi connectivity index (χ1) is 17.1. The number of hydrogen-bond donors (Lipinski definition) is 1. The maximum atomic E-state index is 13.3. The highest BCUT2D eigenvalue weighted by molar-refractivity contribution is 6.30. The summed E-state index contributed by atoms with van der Waals surface area (Å²) in [7, 11) is 0. The van der Waals surface area contributed by atoms with E-state index in [4.69, 9.17) is 21.1 Å². The molecule has 0 spiro atoms. The van der Waals surface area contributed by atoms with Gasteiger partial charge in [-0.25, -0.2) is 4.79 Å². The van der Waals surface area contributed by atoms with E-state index in [-0.39, 0.29) is 18.0 Å². The Bertz CT molecular complexity index is 971. The average molecular weight is 501 g/mol. The number of anilines is 1. The third kappa shape index (κ3) is 7.93. The number of morpholine rings is 2. The van der Waals surface area contributed by atoms with Crippen molar-refractivity contribution in [1.82, 2.24) is 14.7 Å². The smallest absolute Gasteiger partial charge is 0.322 e. The molecule has 2 aromatic rings. The Hall–Kier alpha value is -2.65. The van der Waals surface area contributed by atoms with Crippen molar-refractivity contribution in [3.8, 4) is 0 Å². The van der Waals surface area contributed by atoms with Gasteiger partial charge in [-0.15, -0.1) is 0 Å². The van der Waals surface area contributed by atoms with Crippen LogP contribution in [0, 0.1) is 0 Å². The Balaban J connectivity index is 1.36. The Kier molecular flexibility index (Phi) is 9.36. The highest BCUT2D eigenvalue weighted by atomic mass is 35.5. The van der Waals surface area contributed by atoms with Gasteiger partial charge < -0.3 is 24.6 Å². The van der Waals surface area contributed by atoms with Gasteiger partial charge >= 0.3 is 6.03 Å². The highest BCUT2D eigenvalue weighted by Gasteiger charge is 2.28. The number of urea groups is 1. The molecule has 2 aliphatic rings. The van der Waals surface area contributed by atoms with Crippen LogP contribution in [-0.4, -0.2) is 98.4 Å². The third-order valence-electron chi connectivity index (χ3n) is 6.27. The van der Waals surface area contributed by atoms with E-state index in [9.17, 15) is 9.59 Å². The van der Waals surface area contributed by atoms with Gasteiger partial charge in [-0.3, -0.25) is 9.69 Å². The molecule has 0 bridgehead atoms. The number of halogens is 1. The molecular weight excluding hydrogens is 468 g/mol. The van der Waals surface area contributed by atoms with Crippen molar-refractivity contribution >= 4 is 29.2 Å². The fourth-order valence-corrected chi connectivity index (χ4v) is 4.51. The zero-order valence-electron chi connectivity index (χ0n) is 19.9. The molecule has 4 rings (SSSR count). The Morgan fingerprint density at radius 1 is 1.03 bits per heavy atom. The summed E-state index contributed by atoms with van der Waals surface area (Å²) in [4.78, 5) is 32.0. The first kappa shape index (κ1) is 25.4. The van der Waals surface area contributed by atoms with E-state index in [0.717, 1.165) is 38.4 Å². The fraction of sp³-hybridized carbons (Fsp3) is 0.462. The Morgan fingerprint density at radius 3 is 2.60 bits per heavy atom. The van der Waals surface area contributed by atoms with E-state index in [2.05, 4.69) is 10.2 Å². The first-order valence-corrected chi connectivity index (χ1v) is 12.5. The molecule has 2 heterocycles. The lowest BCUT2D eigenvalue weighted by Gasteiger charge is -2.36. The van der Waals surface area contributed by atoms with E-state index in [1.54, 1.807) is 29.2 Å². The second-order valence-corrected chi connectivity index (χ2v) is 9.27. The van der Waals surface area contributed by atoms with Crippen molar-refractivity contribution in [3.05, 3.63) is 65.2 Å². The molecule has 0 radical (unpaired) electrons. The summed E-state index contributed by atoms with van der Waals surface area (Å²) in [6.45, 7) is 6.37. The number of amides is 3. The van der Waals surface area contributed by atoms with Gasteiger partial charge in [-0.05, 0) is 23.8 Å². The van der Waals surface area contributed by atoms with Crippen LogP contribution in [0.15, 0.2) is 54.6 Å². The van der Waals surface area contributed by atoms with Gasteiger partial charge in [0.15, 0.2) is 0 Å². The van der Waals surface area contributed by atoms with Crippen LogP contribution in [0.1, 0.15) is 5.56 Å². The lowest BCUT2D eigenvalue weighted by molar-refractivity contribution is -0.134. The van der Waals surface area contributed by atoms with Gasteiger partial charge in [0.1, 0.15) is 0 Å². The van der Waals surface area contributed by atoms with Crippen molar-refractivity contribution in [1.29, 1.82) is 0 Å². The molecule has 0 aliphatic carbocycles. The molecule has 1 atom stereocenters. The number of benzene rings is 2. The normalized spacial score (nSPS) is 18.8. The molecule has 1 unspecified atom stereocenters. The minimum atomic E-state index is -0.252. The zero-order valence-corrected chi connectivity index (χ0v) is 20.7. The molecule has 0 saturated carbocycles. The summed E-state index contributed by atoms with van der Waals surface area (Å²) in [6, 6.07) is 16.7. The number of carbonyl (C=O) groups is 2. The summed E-state index contributed by atoms with van der Waals surface area (Å²) >= 11 is 6.04. The predicted molar refractivity (Wildman–Crippen MR) is 136 cm³/mol. The molecule has 8 nitrogen and oxygen atoms in total. The minimum absolute atomic E-state index is 0.0635. The molecule has 2 fully saturated rings. The Labute approximate surface area is 211 Å². The number of nitrogens with zero attached hydrogens (tertiary/aromatic N) is 3. The van der Waals surface area contributed by atoms with E-state index in [0.29, 0.717) is 49.9 Å². The van der Waals surface area contributed by atoms with E-state index in [1.165, 1.54) is 0 Å². The minimum Gasteiger partial charge on any atom is -0.379 e. The first-order valence-electron chi connectivity index (χ1n) is 12.1. The van der Waals surface area contributed by atoms with Crippen LogP contribution in [0.3, 0.4) is 0 Å². The lowest BCUT2D eigenvalue weighted by atomic mass is 10.1. The molecule has 2 aliphatic heterocycles. The third-order valence-corrected chi connectivity index (χ3v) is 6.50. The lowest BCUT2D eigenvalue weighted by Crippen LogP contribution is -2.52. The Morgan fingerprint density at radius 2 is 1.83 bits per heavy atom. The highest BCUT2D eigenvalue weighted by Crippen LogP contribution is 2.17. The van der Waals surface area contributed by atoms with Crippen LogP contribution < -0.4 is 5.32 Å². The van der Waals surface area contributed by atoms with Crippen LogP contribution in [0.2, 0.25) is 5.02 Å². The predicted octanol–water partition coefficient (Wildman–Crippen LogP) is 2.98. The van der Waals surface area contributed by atoms with E-state index in [1.807, 2.05) is 35.2 Å². The van der Waals surface area contributed by atoms with Gasteiger partial charge in [0.25, 0.3) is 0 Å². The standard InChI is InChI=1S/C26H33ClN4O4/c27-22-7-4-8-23(18-22)28-26(33)31-13-16-35-24(20-31)19-30(10-9-29-11-14-34-15-12-29)25(32)17-21-5-2-1-3-6-21/h1-8,18,24H,9-17,19-20H2,(H,28,33). The molecular formula is C26H33ClN4O4. The van der Waals surface area contributed by atoms with E-state index < -0.39 is 0 Å². The molecule has 2 aromatic carbocycles. The van der Waals surface area contributed by atoms with Gasteiger partial charge in [0.05, 0.1) is 38.9 Å². The van der Waals surface area contributed by atoms with Crippen molar-refractivity contribution in [2.45, 2.75) is 12.5 Å². The maximum absolute atomic E-state index is 13.3. The van der Waals surface area contributed by atoms with Crippen LogP contribution in [0.5, 0.6) is 0 Å². The van der Waals surface area contributed by atoms with Crippen LogP contribution >= 0.6 is 11.6 Å².